The van der Waals surface area contributed by atoms with Crippen LogP contribution in [0.1, 0.15) is 59.5 Å². The molecule has 5 nitrogen and oxygen atoms in total. The molecule has 38 heavy (non-hydrogen) atoms. The molecule has 2 N–H and O–H groups in total. The Kier molecular flexibility index (Phi) is 9.14. The van der Waals surface area contributed by atoms with Gasteiger partial charge >= 0.3 is 5.97 Å². The van der Waals surface area contributed by atoms with Crippen molar-refractivity contribution in [3.05, 3.63) is 107 Å². The zero-order chi connectivity index (χ0) is 27.1. The van der Waals surface area contributed by atoms with Crippen LogP contribution in [0.4, 0.5) is 5.69 Å². The zero-order valence-corrected chi connectivity index (χ0v) is 22.2. The van der Waals surface area contributed by atoms with E-state index < -0.39 is 5.97 Å². The number of rotatable bonds is 10. The molecule has 1 fully saturated rings. The SMILES string of the molecule is C=Cc1nccc(C2CCC([C@@H](Cc3ccc(CC(=O)O)cc3)C(=O)Nc3ccc(Cl)cc3)CC2)c1C=C. The Morgan fingerprint density at radius 1 is 0.974 bits per heavy atom. The fraction of sp³-hybridized carbons (Fsp3) is 0.281. The summed E-state index contributed by atoms with van der Waals surface area (Å²) in [5.74, 6) is -0.461. The van der Waals surface area contributed by atoms with Gasteiger partial charge in [-0.05, 0) is 97.0 Å². The van der Waals surface area contributed by atoms with Crippen molar-refractivity contribution in [1.82, 2.24) is 4.98 Å². The number of aliphatic carboxylic acids is 1. The Hall–Kier alpha value is -3.70. The molecule has 1 amide bonds. The van der Waals surface area contributed by atoms with Crippen molar-refractivity contribution >= 4 is 41.3 Å². The van der Waals surface area contributed by atoms with Crippen LogP contribution in [0.3, 0.4) is 0 Å². The Labute approximate surface area is 229 Å². The first kappa shape index (κ1) is 27.3. The van der Waals surface area contributed by atoms with E-state index in [9.17, 15) is 9.59 Å². The Balaban J connectivity index is 1.52. The number of aromatic nitrogens is 1. The molecule has 2 aromatic carbocycles. The molecule has 6 heteroatoms. The van der Waals surface area contributed by atoms with Crippen LogP contribution in [-0.2, 0) is 22.4 Å². The van der Waals surface area contributed by atoms with E-state index >= 15 is 0 Å². The number of amides is 1. The van der Waals surface area contributed by atoms with E-state index in [4.69, 9.17) is 16.7 Å². The Morgan fingerprint density at radius 2 is 1.63 bits per heavy atom. The van der Waals surface area contributed by atoms with Gasteiger partial charge in [-0.3, -0.25) is 14.6 Å². The van der Waals surface area contributed by atoms with Crippen molar-refractivity contribution in [3.63, 3.8) is 0 Å². The van der Waals surface area contributed by atoms with Gasteiger partial charge in [-0.2, -0.15) is 0 Å². The molecule has 1 atom stereocenters. The topological polar surface area (TPSA) is 79.3 Å². The van der Waals surface area contributed by atoms with E-state index in [1.807, 2.05) is 48.7 Å². The highest BCUT2D eigenvalue weighted by atomic mass is 35.5. The smallest absolute Gasteiger partial charge is 0.307 e. The van der Waals surface area contributed by atoms with Gasteiger partial charge in [0.05, 0.1) is 12.1 Å². The van der Waals surface area contributed by atoms with E-state index in [0.29, 0.717) is 17.4 Å². The van der Waals surface area contributed by atoms with Gasteiger partial charge in [-0.25, -0.2) is 0 Å². The summed E-state index contributed by atoms with van der Waals surface area (Å²) in [6.45, 7) is 7.88. The third-order valence-corrected chi connectivity index (χ3v) is 7.77. The highest BCUT2D eigenvalue weighted by Gasteiger charge is 2.33. The highest BCUT2D eigenvalue weighted by Crippen LogP contribution is 2.41. The minimum atomic E-state index is -0.858. The molecule has 1 heterocycles. The van der Waals surface area contributed by atoms with Crippen LogP contribution in [0, 0.1) is 11.8 Å². The van der Waals surface area contributed by atoms with Crippen molar-refractivity contribution in [2.24, 2.45) is 11.8 Å². The van der Waals surface area contributed by atoms with Crippen LogP contribution in [0.25, 0.3) is 12.2 Å². The lowest BCUT2D eigenvalue weighted by Crippen LogP contribution is -2.33. The summed E-state index contributed by atoms with van der Waals surface area (Å²) in [6, 6.07) is 16.8. The summed E-state index contributed by atoms with van der Waals surface area (Å²) >= 11 is 6.02. The number of nitrogens with zero attached hydrogens (tertiary/aromatic N) is 1. The number of pyridine rings is 1. The first-order valence-electron chi connectivity index (χ1n) is 13.0. The number of hydrogen-bond acceptors (Lipinski definition) is 3. The third-order valence-electron chi connectivity index (χ3n) is 7.52. The molecular formula is C32H33ClN2O3. The summed E-state index contributed by atoms with van der Waals surface area (Å²) in [5, 5.41) is 12.8. The van der Waals surface area contributed by atoms with Crippen LogP contribution in [0.2, 0.25) is 5.02 Å². The summed E-state index contributed by atoms with van der Waals surface area (Å²) in [7, 11) is 0. The van der Waals surface area contributed by atoms with Gasteiger partial charge in [-0.1, -0.05) is 55.1 Å². The number of nitrogens with one attached hydrogen (secondary N) is 1. The molecule has 0 saturated heterocycles. The number of carboxylic acids is 1. The summed E-state index contributed by atoms with van der Waals surface area (Å²) in [6.07, 6.45) is 9.87. The normalized spacial score (nSPS) is 17.8. The lowest BCUT2D eigenvalue weighted by molar-refractivity contribution is -0.136. The van der Waals surface area contributed by atoms with Crippen molar-refractivity contribution in [3.8, 4) is 0 Å². The van der Waals surface area contributed by atoms with Gasteiger partial charge in [0.25, 0.3) is 0 Å². The maximum Gasteiger partial charge on any atom is 0.307 e. The van der Waals surface area contributed by atoms with Gasteiger partial charge in [0, 0.05) is 28.4 Å². The monoisotopic (exact) mass is 528 g/mol. The molecule has 1 aliphatic rings. The number of carbonyl (C=O) groups is 2. The molecule has 1 saturated carbocycles. The number of benzene rings is 2. The number of carboxylic acid groups (broad SMARTS) is 1. The summed E-state index contributed by atoms with van der Waals surface area (Å²) in [4.78, 5) is 29.1. The van der Waals surface area contributed by atoms with Crippen molar-refractivity contribution in [1.29, 1.82) is 0 Å². The van der Waals surface area contributed by atoms with Crippen LogP contribution in [-0.4, -0.2) is 22.0 Å². The fourth-order valence-electron chi connectivity index (χ4n) is 5.54. The predicted molar refractivity (Wildman–Crippen MR) is 154 cm³/mol. The maximum atomic E-state index is 13.6. The molecular weight excluding hydrogens is 496 g/mol. The number of anilines is 1. The number of halogens is 1. The summed E-state index contributed by atoms with van der Waals surface area (Å²) < 4.78 is 0. The van der Waals surface area contributed by atoms with Gasteiger partial charge in [-0.15, -0.1) is 0 Å². The van der Waals surface area contributed by atoms with Crippen LogP contribution in [0.5, 0.6) is 0 Å². The first-order valence-corrected chi connectivity index (χ1v) is 13.4. The quantitative estimate of drug-likeness (QED) is 0.287. The largest absolute Gasteiger partial charge is 0.481 e. The van der Waals surface area contributed by atoms with Crippen LogP contribution >= 0.6 is 11.6 Å². The predicted octanol–water partition coefficient (Wildman–Crippen LogP) is 7.42. The van der Waals surface area contributed by atoms with Gasteiger partial charge in [0.15, 0.2) is 0 Å². The Bertz CT molecular complexity index is 1290. The van der Waals surface area contributed by atoms with E-state index in [1.165, 1.54) is 5.56 Å². The van der Waals surface area contributed by atoms with E-state index in [-0.39, 0.29) is 24.2 Å². The minimum Gasteiger partial charge on any atom is -0.481 e. The second-order valence-electron chi connectivity index (χ2n) is 9.91. The van der Waals surface area contributed by atoms with Crippen molar-refractivity contribution < 1.29 is 14.7 Å². The van der Waals surface area contributed by atoms with Crippen molar-refractivity contribution in [2.45, 2.75) is 44.4 Å². The number of carbonyl (C=O) groups excluding carboxylic acids is 1. The molecule has 1 aliphatic carbocycles. The molecule has 1 aromatic heterocycles. The second kappa shape index (κ2) is 12.7. The Morgan fingerprint density at radius 3 is 2.24 bits per heavy atom. The van der Waals surface area contributed by atoms with E-state index in [1.54, 1.807) is 18.2 Å². The molecule has 0 aliphatic heterocycles. The standard InChI is InChI=1S/C32H33ClN2O3/c1-3-27-28(17-18-34-30(27)4-2)23-9-11-24(12-10-23)29(32(38)35-26-15-13-25(33)14-16-26)19-21-5-7-22(8-6-21)20-31(36)37/h3-8,13-18,23-24,29H,1-2,9-12,19-20H2,(H,35,38)(H,36,37)/t23?,24?,29-/m1/s1. The highest BCUT2D eigenvalue weighted by molar-refractivity contribution is 6.30. The van der Waals surface area contributed by atoms with Gasteiger partial charge < -0.3 is 10.4 Å². The molecule has 0 radical (unpaired) electrons. The van der Waals surface area contributed by atoms with Crippen LogP contribution < -0.4 is 5.32 Å². The molecule has 196 valence electrons. The molecule has 4 rings (SSSR count). The number of hydrogen-bond donors (Lipinski definition) is 2. The lowest BCUT2D eigenvalue weighted by Gasteiger charge is -2.34. The average Bonchev–Trinajstić information content (AvgIpc) is 2.93. The molecule has 0 spiro atoms. The lowest BCUT2D eigenvalue weighted by atomic mass is 9.71. The fourth-order valence-corrected chi connectivity index (χ4v) is 5.67. The second-order valence-corrected chi connectivity index (χ2v) is 10.3. The van der Waals surface area contributed by atoms with Crippen LogP contribution in [0.15, 0.2) is 74.0 Å². The van der Waals surface area contributed by atoms with Gasteiger partial charge in [0.2, 0.25) is 5.91 Å². The minimum absolute atomic E-state index is 0.00461. The summed E-state index contributed by atoms with van der Waals surface area (Å²) in [5.41, 5.74) is 5.64. The zero-order valence-electron chi connectivity index (χ0n) is 21.4. The average molecular weight is 529 g/mol. The van der Waals surface area contributed by atoms with Gasteiger partial charge in [0.1, 0.15) is 0 Å². The van der Waals surface area contributed by atoms with E-state index in [2.05, 4.69) is 29.5 Å². The molecule has 0 bridgehead atoms. The first-order chi connectivity index (χ1) is 18.4. The van der Waals surface area contributed by atoms with Crippen molar-refractivity contribution in [2.75, 3.05) is 5.32 Å². The molecule has 0 unspecified atom stereocenters. The maximum absolute atomic E-state index is 13.6. The van der Waals surface area contributed by atoms with E-state index in [0.717, 1.165) is 53.8 Å². The third kappa shape index (κ3) is 6.78. The molecule has 3 aromatic rings.